The Morgan fingerprint density at radius 1 is 1.03 bits per heavy atom. The highest BCUT2D eigenvalue weighted by Crippen LogP contribution is 2.34. The van der Waals surface area contributed by atoms with Crippen LogP contribution in [0.15, 0.2) is 85.3 Å². The van der Waals surface area contributed by atoms with E-state index in [9.17, 15) is 9.59 Å². The molecule has 32 heavy (non-hydrogen) atoms. The smallest absolute Gasteiger partial charge is 0.314 e. The molecule has 7 heteroatoms. The molecular formula is C25H22N4O2S. The second-order valence-electron chi connectivity index (χ2n) is 7.74. The quantitative estimate of drug-likeness (QED) is 0.325. The lowest BCUT2D eigenvalue weighted by molar-refractivity contribution is 0.0942. The van der Waals surface area contributed by atoms with Gasteiger partial charge in [0.15, 0.2) is 5.78 Å². The van der Waals surface area contributed by atoms with Crippen LogP contribution in [0.4, 0.5) is 16.2 Å². The Morgan fingerprint density at radius 3 is 2.59 bits per heavy atom. The number of carbonyl (C=O) groups is 2. The number of Topliss-reactive ketones (excluding diaryl/α,β-unsaturated/α-hetero) is 1. The summed E-state index contributed by atoms with van der Waals surface area (Å²) in [4.78, 5) is 32.6. The fourth-order valence-electron chi connectivity index (χ4n) is 4.00. The normalized spacial score (nSPS) is 15.8. The number of anilines is 2. The Bertz CT molecular complexity index is 1270. The molecule has 2 aromatic heterocycles. The maximum atomic E-state index is 13.5. The van der Waals surface area contributed by atoms with Crippen LogP contribution >= 0.6 is 11.9 Å². The van der Waals surface area contributed by atoms with Gasteiger partial charge in [0.2, 0.25) is 0 Å². The van der Waals surface area contributed by atoms with Crippen molar-refractivity contribution >= 4 is 46.0 Å². The summed E-state index contributed by atoms with van der Waals surface area (Å²) in [6, 6.07) is 20.8. The number of aromatic nitrogens is 2. The molecule has 0 radical (unpaired) electrons. The molecule has 1 aliphatic heterocycles. The molecular weight excluding hydrogens is 420 g/mol. The van der Waals surface area contributed by atoms with Crippen LogP contribution < -0.4 is 9.21 Å². The van der Waals surface area contributed by atoms with Crippen molar-refractivity contribution in [2.24, 2.45) is 5.92 Å². The minimum absolute atomic E-state index is 0.0639. The van der Waals surface area contributed by atoms with Gasteiger partial charge in [0, 0.05) is 48.4 Å². The molecule has 1 fully saturated rings. The summed E-state index contributed by atoms with van der Waals surface area (Å²) in [5, 5.41) is 0.803. The lowest BCUT2D eigenvalue weighted by Gasteiger charge is -2.18. The van der Waals surface area contributed by atoms with Gasteiger partial charge in [0.25, 0.3) is 0 Å². The van der Waals surface area contributed by atoms with E-state index < -0.39 is 0 Å². The van der Waals surface area contributed by atoms with Gasteiger partial charge in [-0.05, 0) is 42.3 Å². The highest BCUT2D eigenvalue weighted by atomic mass is 32.2. The van der Waals surface area contributed by atoms with E-state index in [4.69, 9.17) is 0 Å². The van der Waals surface area contributed by atoms with Crippen LogP contribution in [0.2, 0.25) is 0 Å². The van der Waals surface area contributed by atoms with Gasteiger partial charge in [0.1, 0.15) is 0 Å². The maximum Gasteiger partial charge on any atom is 0.332 e. The fraction of sp³-hybridized carbons (Fsp3) is 0.160. The number of carbonyl (C=O) groups excluding carboxylic acids is 2. The number of amides is 1. The summed E-state index contributed by atoms with van der Waals surface area (Å²) in [7, 11) is 1.74. The second-order valence-corrected chi connectivity index (χ2v) is 8.77. The first-order valence-corrected chi connectivity index (χ1v) is 11.4. The van der Waals surface area contributed by atoms with E-state index in [0.29, 0.717) is 17.9 Å². The van der Waals surface area contributed by atoms with Gasteiger partial charge in [-0.1, -0.05) is 36.4 Å². The number of para-hydroxylation sites is 2. The van der Waals surface area contributed by atoms with E-state index in [-0.39, 0.29) is 17.7 Å². The zero-order valence-electron chi connectivity index (χ0n) is 17.6. The number of ketones is 1. The van der Waals surface area contributed by atoms with Crippen molar-refractivity contribution in [2.45, 2.75) is 0 Å². The van der Waals surface area contributed by atoms with E-state index in [0.717, 1.165) is 22.3 Å². The van der Waals surface area contributed by atoms with Gasteiger partial charge < -0.3 is 4.31 Å². The van der Waals surface area contributed by atoms with Gasteiger partial charge in [-0.3, -0.25) is 19.2 Å². The van der Waals surface area contributed by atoms with E-state index in [2.05, 4.69) is 9.29 Å². The number of fused-ring (bicyclic) bond motifs is 1. The Labute approximate surface area is 190 Å². The third-order valence-corrected chi connectivity index (χ3v) is 6.96. The summed E-state index contributed by atoms with van der Waals surface area (Å²) in [5.74, 6) is 0.612. The standard InChI is InChI=1S/C25H22N4O2S/c1-27(19-8-3-2-4-9-19)25(31)28-16-22(21-11-5-6-12-23(21)28)24(30)18-15-29(32-17-18)20-10-7-13-26-14-20/h2-14,16,18H,15,17H2,1H3. The minimum Gasteiger partial charge on any atom is -0.314 e. The molecule has 160 valence electrons. The highest BCUT2D eigenvalue weighted by molar-refractivity contribution is 8.00. The average Bonchev–Trinajstić information content (AvgIpc) is 3.50. The third kappa shape index (κ3) is 3.65. The number of pyridine rings is 1. The van der Waals surface area contributed by atoms with E-state index in [1.165, 1.54) is 0 Å². The van der Waals surface area contributed by atoms with Crippen LogP contribution in [0.5, 0.6) is 0 Å². The first kappa shape index (κ1) is 20.3. The largest absolute Gasteiger partial charge is 0.332 e. The molecule has 0 spiro atoms. The van der Waals surface area contributed by atoms with E-state index >= 15 is 0 Å². The average molecular weight is 443 g/mol. The fourth-order valence-corrected chi connectivity index (χ4v) is 5.16. The van der Waals surface area contributed by atoms with Gasteiger partial charge in [-0.25, -0.2) is 4.79 Å². The monoisotopic (exact) mass is 442 g/mol. The lowest BCUT2D eigenvalue weighted by atomic mass is 9.98. The van der Waals surface area contributed by atoms with Crippen molar-refractivity contribution in [3.8, 4) is 0 Å². The zero-order chi connectivity index (χ0) is 22.1. The molecule has 1 atom stereocenters. The molecule has 1 unspecified atom stereocenters. The summed E-state index contributed by atoms with van der Waals surface area (Å²) in [6.45, 7) is 0.618. The molecule has 6 nitrogen and oxygen atoms in total. The molecule has 2 aromatic carbocycles. The predicted molar refractivity (Wildman–Crippen MR) is 129 cm³/mol. The van der Waals surface area contributed by atoms with Crippen LogP contribution in [0, 0.1) is 5.92 Å². The molecule has 1 aliphatic rings. The lowest BCUT2D eigenvalue weighted by Crippen LogP contribution is -2.30. The molecule has 4 aromatic rings. The Hall–Kier alpha value is -3.58. The molecule has 5 rings (SSSR count). The number of rotatable bonds is 4. The van der Waals surface area contributed by atoms with Gasteiger partial charge >= 0.3 is 6.03 Å². The Morgan fingerprint density at radius 2 is 1.81 bits per heavy atom. The van der Waals surface area contributed by atoms with Crippen LogP contribution in [0.25, 0.3) is 10.9 Å². The first-order chi connectivity index (χ1) is 15.6. The number of benzene rings is 2. The van der Waals surface area contributed by atoms with E-state index in [1.54, 1.807) is 40.9 Å². The SMILES string of the molecule is CN(C(=O)n1cc(C(=O)C2CSN(c3cccnc3)C2)c2ccccc21)c1ccccc1. The molecule has 0 N–H and O–H groups in total. The van der Waals surface area contributed by atoms with Crippen molar-refractivity contribution in [2.75, 3.05) is 28.6 Å². The van der Waals surface area contributed by atoms with Gasteiger partial charge in [0.05, 0.1) is 23.3 Å². The van der Waals surface area contributed by atoms with Crippen LogP contribution in [0.1, 0.15) is 10.4 Å². The summed E-state index contributed by atoms with van der Waals surface area (Å²) in [5.41, 5.74) is 3.12. The first-order valence-electron chi connectivity index (χ1n) is 10.4. The third-order valence-electron chi connectivity index (χ3n) is 5.74. The zero-order valence-corrected chi connectivity index (χ0v) is 18.4. The number of nitrogens with zero attached hydrogens (tertiary/aromatic N) is 4. The molecule has 3 heterocycles. The molecule has 0 bridgehead atoms. The van der Waals surface area contributed by atoms with Gasteiger partial charge in [-0.2, -0.15) is 0 Å². The highest BCUT2D eigenvalue weighted by Gasteiger charge is 2.32. The number of hydrogen-bond donors (Lipinski definition) is 0. The molecule has 1 saturated heterocycles. The predicted octanol–water partition coefficient (Wildman–Crippen LogP) is 5.11. The van der Waals surface area contributed by atoms with Crippen LogP contribution in [0.3, 0.4) is 0 Å². The maximum absolute atomic E-state index is 13.5. The van der Waals surface area contributed by atoms with E-state index in [1.807, 2.05) is 72.9 Å². The van der Waals surface area contributed by atoms with Crippen molar-refractivity contribution in [3.05, 3.63) is 90.9 Å². The van der Waals surface area contributed by atoms with Crippen LogP contribution in [-0.4, -0.2) is 40.7 Å². The van der Waals surface area contributed by atoms with Crippen LogP contribution in [-0.2, 0) is 0 Å². The Kier molecular flexibility index (Phi) is 5.41. The topological polar surface area (TPSA) is 58.4 Å². The molecule has 0 saturated carbocycles. The summed E-state index contributed by atoms with van der Waals surface area (Å²) < 4.78 is 3.69. The molecule has 1 amide bonds. The van der Waals surface area contributed by atoms with Crippen molar-refractivity contribution in [1.82, 2.24) is 9.55 Å². The minimum atomic E-state index is -0.204. The van der Waals surface area contributed by atoms with Crippen molar-refractivity contribution < 1.29 is 9.59 Å². The van der Waals surface area contributed by atoms with Gasteiger partial charge in [-0.15, -0.1) is 0 Å². The number of hydrogen-bond acceptors (Lipinski definition) is 5. The molecule has 0 aliphatic carbocycles. The summed E-state index contributed by atoms with van der Waals surface area (Å²) >= 11 is 1.64. The Balaban J connectivity index is 1.45. The van der Waals surface area contributed by atoms with Crippen molar-refractivity contribution in [1.29, 1.82) is 0 Å². The second kappa shape index (κ2) is 8.51. The van der Waals surface area contributed by atoms with Crippen molar-refractivity contribution in [3.63, 3.8) is 0 Å². The summed E-state index contributed by atoms with van der Waals surface area (Å²) in [6.07, 6.45) is 5.25.